The second-order valence-corrected chi connectivity index (χ2v) is 7.49. The van der Waals surface area contributed by atoms with Crippen LogP contribution in [0.2, 0.25) is 0 Å². The van der Waals surface area contributed by atoms with Crippen LogP contribution in [-0.2, 0) is 17.1 Å². The van der Waals surface area contributed by atoms with Crippen molar-refractivity contribution in [3.8, 4) is 0 Å². The molecule has 0 aliphatic carbocycles. The third-order valence-corrected chi connectivity index (χ3v) is 5.75. The maximum atomic E-state index is 14.1. The minimum absolute atomic E-state index is 0.0554. The van der Waals surface area contributed by atoms with Crippen LogP contribution >= 0.6 is 0 Å². The molecule has 9 heteroatoms. The molecule has 0 atom stereocenters. The molecule has 1 amide bonds. The van der Waals surface area contributed by atoms with Gasteiger partial charge in [-0.25, -0.2) is 12.8 Å². The first kappa shape index (κ1) is 16.6. The summed E-state index contributed by atoms with van der Waals surface area (Å²) in [6, 6.07) is 4.91. The molecule has 1 aliphatic rings. The van der Waals surface area contributed by atoms with E-state index in [1.807, 2.05) is 0 Å². The summed E-state index contributed by atoms with van der Waals surface area (Å²) in [6.45, 7) is 0.734. The van der Waals surface area contributed by atoms with Crippen molar-refractivity contribution in [1.82, 2.24) is 14.1 Å². The average molecular weight is 352 g/mol. The number of hydrogen-bond donors (Lipinski definition) is 1. The Hall–Kier alpha value is -2.26. The van der Waals surface area contributed by atoms with E-state index in [2.05, 4.69) is 10.4 Å². The van der Waals surface area contributed by atoms with Gasteiger partial charge in [0, 0.05) is 38.0 Å². The average Bonchev–Trinajstić information content (AvgIpc) is 3.19. The second kappa shape index (κ2) is 6.33. The fourth-order valence-electron chi connectivity index (χ4n) is 2.58. The van der Waals surface area contributed by atoms with E-state index in [1.54, 1.807) is 19.3 Å². The van der Waals surface area contributed by atoms with Crippen LogP contribution in [0.15, 0.2) is 35.4 Å². The number of aryl methyl sites for hydroxylation is 1. The molecule has 128 valence electrons. The smallest absolute Gasteiger partial charge is 0.256 e. The van der Waals surface area contributed by atoms with Crippen LogP contribution in [0, 0.1) is 5.82 Å². The molecule has 3 rings (SSSR count). The van der Waals surface area contributed by atoms with Gasteiger partial charge in [0.25, 0.3) is 5.91 Å². The maximum absolute atomic E-state index is 14.1. The topological polar surface area (TPSA) is 84.3 Å². The Morgan fingerprint density at radius 3 is 2.58 bits per heavy atom. The van der Waals surface area contributed by atoms with E-state index in [-0.39, 0.29) is 5.56 Å². The molecule has 24 heavy (non-hydrogen) atoms. The van der Waals surface area contributed by atoms with Crippen molar-refractivity contribution in [1.29, 1.82) is 0 Å². The highest BCUT2D eigenvalue weighted by Gasteiger charge is 2.30. The first-order chi connectivity index (χ1) is 11.4. The van der Waals surface area contributed by atoms with Gasteiger partial charge < -0.3 is 5.32 Å². The third kappa shape index (κ3) is 3.17. The molecule has 2 aromatic rings. The first-order valence-corrected chi connectivity index (χ1v) is 8.92. The molecule has 1 saturated heterocycles. The lowest BCUT2D eigenvalue weighted by molar-refractivity contribution is 0.102. The van der Waals surface area contributed by atoms with E-state index in [9.17, 15) is 17.6 Å². The Morgan fingerprint density at radius 1 is 1.25 bits per heavy atom. The summed E-state index contributed by atoms with van der Waals surface area (Å²) >= 11 is 0. The van der Waals surface area contributed by atoms with Crippen LogP contribution in [0.5, 0.6) is 0 Å². The van der Waals surface area contributed by atoms with Crippen LogP contribution in [0.3, 0.4) is 0 Å². The molecular formula is C15H17FN4O3S. The number of carbonyl (C=O) groups excluding carboxylic acids is 1. The molecule has 7 nitrogen and oxygen atoms in total. The van der Waals surface area contributed by atoms with Gasteiger partial charge in [0.05, 0.1) is 0 Å². The van der Waals surface area contributed by atoms with Gasteiger partial charge in [-0.1, -0.05) is 0 Å². The van der Waals surface area contributed by atoms with E-state index in [0.29, 0.717) is 18.9 Å². The molecule has 0 spiro atoms. The van der Waals surface area contributed by atoms with Crippen molar-refractivity contribution >= 4 is 21.7 Å². The van der Waals surface area contributed by atoms with E-state index < -0.39 is 26.6 Å². The summed E-state index contributed by atoms with van der Waals surface area (Å²) in [5, 5.41) is 6.56. The molecule has 0 radical (unpaired) electrons. The van der Waals surface area contributed by atoms with Crippen molar-refractivity contribution in [2.24, 2.45) is 7.05 Å². The Morgan fingerprint density at radius 2 is 1.96 bits per heavy atom. The lowest BCUT2D eigenvalue weighted by Gasteiger charge is -2.16. The molecular weight excluding hydrogens is 335 g/mol. The Balaban J connectivity index is 1.89. The van der Waals surface area contributed by atoms with E-state index in [0.717, 1.165) is 25.0 Å². The van der Waals surface area contributed by atoms with E-state index >= 15 is 0 Å². The largest absolute Gasteiger partial charge is 0.305 e. The zero-order chi connectivity index (χ0) is 17.3. The van der Waals surface area contributed by atoms with Crippen LogP contribution < -0.4 is 5.32 Å². The fourth-order valence-corrected chi connectivity index (χ4v) is 4.19. The van der Waals surface area contributed by atoms with Crippen molar-refractivity contribution in [3.63, 3.8) is 0 Å². The highest BCUT2D eigenvalue weighted by atomic mass is 32.2. The Kier molecular flexibility index (Phi) is 4.37. The number of nitrogens with zero attached hydrogens (tertiary/aromatic N) is 3. The lowest BCUT2D eigenvalue weighted by atomic mass is 10.2. The highest BCUT2D eigenvalue weighted by Crippen LogP contribution is 2.24. The Labute approximate surface area is 139 Å². The standard InChI is InChI=1S/C15H17FN4O3S/c1-19-9-6-14(18-19)17-15(21)11-4-5-12(16)13(10-11)24(22,23)20-7-2-3-8-20/h4-6,9-10H,2-3,7-8H2,1H3,(H,17,18,21). The molecule has 1 N–H and O–H groups in total. The summed E-state index contributed by atoms with van der Waals surface area (Å²) in [5.41, 5.74) is 0.0554. The highest BCUT2D eigenvalue weighted by molar-refractivity contribution is 7.89. The first-order valence-electron chi connectivity index (χ1n) is 7.48. The number of amides is 1. The van der Waals surface area contributed by atoms with Crippen LogP contribution in [0.4, 0.5) is 10.2 Å². The summed E-state index contributed by atoms with van der Waals surface area (Å²) in [7, 11) is -2.23. The van der Waals surface area contributed by atoms with E-state index in [4.69, 9.17) is 0 Å². The molecule has 0 unspecified atom stereocenters. The zero-order valence-electron chi connectivity index (χ0n) is 13.1. The van der Waals surface area contributed by atoms with Crippen molar-refractivity contribution in [2.45, 2.75) is 17.7 Å². The molecule has 0 bridgehead atoms. The SMILES string of the molecule is Cn1ccc(NC(=O)c2ccc(F)c(S(=O)(=O)N3CCCC3)c2)n1. The van der Waals surface area contributed by atoms with E-state index in [1.165, 1.54) is 15.1 Å². The normalized spacial score (nSPS) is 15.6. The van der Waals surface area contributed by atoms with Crippen LogP contribution in [0.25, 0.3) is 0 Å². The van der Waals surface area contributed by atoms with Crippen molar-refractivity contribution in [3.05, 3.63) is 41.8 Å². The van der Waals surface area contributed by atoms with Gasteiger partial charge in [-0.05, 0) is 31.0 Å². The minimum atomic E-state index is -3.94. The summed E-state index contributed by atoms with van der Waals surface area (Å²) in [5.74, 6) is -1.08. The van der Waals surface area contributed by atoms with Gasteiger partial charge in [-0.2, -0.15) is 9.40 Å². The van der Waals surface area contributed by atoms with Crippen molar-refractivity contribution < 1.29 is 17.6 Å². The number of hydrogen-bond acceptors (Lipinski definition) is 4. The molecule has 1 fully saturated rings. The van der Waals surface area contributed by atoms with Gasteiger partial charge in [0.2, 0.25) is 10.0 Å². The van der Waals surface area contributed by atoms with Gasteiger partial charge in [0.15, 0.2) is 5.82 Å². The lowest BCUT2D eigenvalue weighted by Crippen LogP contribution is -2.29. The fraction of sp³-hybridized carbons (Fsp3) is 0.333. The number of halogens is 1. The number of carbonyl (C=O) groups is 1. The predicted octanol–water partition coefficient (Wildman–Crippen LogP) is 1.60. The van der Waals surface area contributed by atoms with Gasteiger partial charge in [-0.15, -0.1) is 0 Å². The molecule has 1 aliphatic heterocycles. The predicted molar refractivity (Wildman–Crippen MR) is 85.6 cm³/mol. The quantitative estimate of drug-likeness (QED) is 0.906. The van der Waals surface area contributed by atoms with Crippen molar-refractivity contribution in [2.75, 3.05) is 18.4 Å². The molecule has 1 aromatic heterocycles. The molecule has 2 heterocycles. The Bertz CT molecular complexity index is 873. The minimum Gasteiger partial charge on any atom is -0.305 e. The van der Waals surface area contributed by atoms with Crippen LogP contribution in [-0.4, -0.2) is 41.5 Å². The number of benzene rings is 1. The number of anilines is 1. The number of rotatable bonds is 4. The van der Waals surface area contributed by atoms with Gasteiger partial charge in [-0.3, -0.25) is 9.48 Å². The monoisotopic (exact) mass is 352 g/mol. The summed E-state index contributed by atoms with van der Waals surface area (Å²) < 4.78 is 41.9. The van der Waals surface area contributed by atoms with Crippen LogP contribution in [0.1, 0.15) is 23.2 Å². The number of aromatic nitrogens is 2. The summed E-state index contributed by atoms with van der Waals surface area (Å²) in [6.07, 6.45) is 3.16. The van der Waals surface area contributed by atoms with Gasteiger partial charge >= 0.3 is 0 Å². The van der Waals surface area contributed by atoms with Gasteiger partial charge in [0.1, 0.15) is 10.7 Å². The third-order valence-electron chi connectivity index (χ3n) is 3.83. The maximum Gasteiger partial charge on any atom is 0.256 e. The zero-order valence-corrected chi connectivity index (χ0v) is 13.9. The second-order valence-electron chi connectivity index (χ2n) is 5.59. The summed E-state index contributed by atoms with van der Waals surface area (Å²) in [4.78, 5) is 11.8. The number of sulfonamides is 1. The molecule has 0 saturated carbocycles. The number of nitrogens with one attached hydrogen (secondary N) is 1. The molecule has 1 aromatic carbocycles.